The van der Waals surface area contributed by atoms with E-state index in [1.807, 2.05) is 6.07 Å². The Morgan fingerprint density at radius 2 is 1.40 bits per heavy atom. The minimum atomic E-state index is -4.77. The van der Waals surface area contributed by atoms with Gasteiger partial charge in [0, 0.05) is 23.5 Å². The number of sulfonamides is 1. The quantitative estimate of drug-likeness (QED) is 0.182. The van der Waals surface area contributed by atoms with Gasteiger partial charge in [-0.25, -0.2) is 8.42 Å². The Morgan fingerprint density at radius 1 is 0.809 bits per heavy atom. The van der Waals surface area contributed by atoms with Crippen molar-refractivity contribution in [2.75, 3.05) is 10.8 Å². The number of anilines is 1. The molecular weight excluding hydrogens is 651 g/mol. The summed E-state index contributed by atoms with van der Waals surface area (Å²) in [4.78, 5) is 29.4. The average molecular weight is 686 g/mol. The third kappa shape index (κ3) is 9.59. The Hall–Kier alpha value is -4.35. The first-order chi connectivity index (χ1) is 22.0. The van der Waals surface area contributed by atoms with Crippen molar-refractivity contribution in [1.29, 1.82) is 0 Å². The van der Waals surface area contributed by atoms with Crippen LogP contribution in [0.25, 0.3) is 0 Å². The second-order valence-electron chi connectivity index (χ2n) is 12.0. The van der Waals surface area contributed by atoms with Crippen LogP contribution >= 0.6 is 11.6 Å². The van der Waals surface area contributed by atoms with Gasteiger partial charge in [0.25, 0.3) is 10.0 Å². The molecule has 248 valence electrons. The Balaban J connectivity index is 1.85. The van der Waals surface area contributed by atoms with E-state index in [1.165, 1.54) is 35.2 Å². The summed E-state index contributed by atoms with van der Waals surface area (Å²) in [6.07, 6.45) is -4.70. The number of carbonyl (C=O) groups excluding carboxylic acids is 2. The van der Waals surface area contributed by atoms with Gasteiger partial charge in [-0.2, -0.15) is 13.2 Å². The highest BCUT2D eigenvalue weighted by atomic mass is 35.5. The molecule has 0 spiro atoms. The zero-order valence-corrected chi connectivity index (χ0v) is 27.6. The standard InChI is InChI=1S/C35H35ClF3N3O4S/c1-34(2,3)40-33(44)31(21-25-12-6-4-7-13-25)41(23-26-14-10-16-28(36)20-26)32(43)24-42(47(45,46)30-18-8-5-9-19-30)29-17-11-15-27(22-29)35(37,38)39/h4-20,22,31H,21,23-24H2,1-3H3,(H,40,44)/t31-/m0/s1. The van der Waals surface area contributed by atoms with Crippen molar-refractivity contribution in [2.45, 2.75) is 56.4 Å². The first-order valence-corrected chi connectivity index (χ1v) is 16.5. The average Bonchev–Trinajstić information content (AvgIpc) is 3.01. The van der Waals surface area contributed by atoms with Crippen LogP contribution in [0.3, 0.4) is 0 Å². The smallest absolute Gasteiger partial charge is 0.350 e. The molecule has 7 nitrogen and oxygen atoms in total. The Kier molecular flexibility index (Phi) is 11.0. The molecule has 1 atom stereocenters. The molecule has 0 fully saturated rings. The van der Waals surface area contributed by atoms with Crippen molar-refractivity contribution in [3.63, 3.8) is 0 Å². The number of carbonyl (C=O) groups is 2. The molecule has 0 heterocycles. The lowest BCUT2D eigenvalue weighted by atomic mass is 10.0. The highest BCUT2D eigenvalue weighted by Crippen LogP contribution is 2.33. The summed E-state index contributed by atoms with van der Waals surface area (Å²) >= 11 is 6.25. The number of alkyl halides is 3. The number of nitrogens with zero attached hydrogens (tertiary/aromatic N) is 2. The minimum Gasteiger partial charge on any atom is -0.350 e. The largest absolute Gasteiger partial charge is 0.416 e. The van der Waals surface area contributed by atoms with E-state index in [1.54, 1.807) is 75.4 Å². The topological polar surface area (TPSA) is 86.8 Å². The molecule has 0 bridgehead atoms. The number of benzene rings is 4. The molecule has 0 unspecified atom stereocenters. The van der Waals surface area contributed by atoms with Gasteiger partial charge in [-0.15, -0.1) is 0 Å². The maximum Gasteiger partial charge on any atom is 0.416 e. The lowest BCUT2D eigenvalue weighted by Gasteiger charge is -2.35. The molecule has 0 aliphatic rings. The zero-order chi connectivity index (χ0) is 34.4. The molecule has 0 saturated carbocycles. The van der Waals surface area contributed by atoms with Crippen LogP contribution < -0.4 is 9.62 Å². The monoisotopic (exact) mass is 685 g/mol. The van der Waals surface area contributed by atoms with Crippen molar-refractivity contribution in [1.82, 2.24) is 10.2 Å². The first kappa shape index (κ1) is 35.5. The number of rotatable bonds is 11. The van der Waals surface area contributed by atoms with Crippen LogP contribution in [-0.2, 0) is 38.8 Å². The molecule has 0 aliphatic carbocycles. The van der Waals surface area contributed by atoms with Gasteiger partial charge in [0.05, 0.1) is 16.1 Å². The van der Waals surface area contributed by atoms with E-state index in [0.717, 1.165) is 17.7 Å². The van der Waals surface area contributed by atoms with E-state index in [-0.39, 0.29) is 23.5 Å². The highest BCUT2D eigenvalue weighted by molar-refractivity contribution is 7.92. The van der Waals surface area contributed by atoms with Crippen molar-refractivity contribution in [3.8, 4) is 0 Å². The van der Waals surface area contributed by atoms with E-state index in [4.69, 9.17) is 11.6 Å². The molecule has 4 aromatic carbocycles. The lowest BCUT2D eigenvalue weighted by Crippen LogP contribution is -2.56. The molecule has 12 heteroatoms. The molecule has 47 heavy (non-hydrogen) atoms. The van der Waals surface area contributed by atoms with Gasteiger partial charge >= 0.3 is 6.18 Å². The van der Waals surface area contributed by atoms with Crippen LogP contribution in [0.2, 0.25) is 5.02 Å². The van der Waals surface area contributed by atoms with E-state index in [0.29, 0.717) is 21.0 Å². The second kappa shape index (κ2) is 14.6. The number of nitrogens with one attached hydrogen (secondary N) is 1. The van der Waals surface area contributed by atoms with Gasteiger partial charge in [-0.1, -0.05) is 78.3 Å². The normalized spacial score (nSPS) is 12.7. The summed E-state index contributed by atoms with van der Waals surface area (Å²) in [7, 11) is -4.56. The van der Waals surface area contributed by atoms with Crippen molar-refractivity contribution in [3.05, 3.63) is 131 Å². The van der Waals surface area contributed by atoms with Gasteiger partial charge in [0.2, 0.25) is 11.8 Å². The molecule has 0 aliphatic heterocycles. The summed E-state index contributed by atoms with van der Waals surface area (Å²) in [5, 5.41) is 3.30. The lowest BCUT2D eigenvalue weighted by molar-refractivity contribution is -0.140. The first-order valence-electron chi connectivity index (χ1n) is 14.7. The summed E-state index contributed by atoms with van der Waals surface area (Å²) in [6, 6.07) is 25.4. The maximum atomic E-state index is 14.5. The zero-order valence-electron chi connectivity index (χ0n) is 26.0. The number of hydrogen-bond acceptors (Lipinski definition) is 4. The molecule has 0 saturated heterocycles. The molecule has 0 radical (unpaired) electrons. The van der Waals surface area contributed by atoms with Crippen LogP contribution in [-0.4, -0.2) is 43.3 Å². The van der Waals surface area contributed by atoms with E-state index in [2.05, 4.69) is 5.32 Å². The number of halogens is 4. The summed E-state index contributed by atoms with van der Waals surface area (Å²) in [5.41, 5.74) is -0.838. The van der Waals surface area contributed by atoms with Crippen LogP contribution in [0, 0.1) is 0 Å². The fourth-order valence-electron chi connectivity index (χ4n) is 4.92. The van der Waals surface area contributed by atoms with E-state index >= 15 is 0 Å². The Labute approximate surface area is 278 Å². The van der Waals surface area contributed by atoms with E-state index in [9.17, 15) is 31.2 Å². The summed E-state index contributed by atoms with van der Waals surface area (Å²) < 4.78 is 69.9. The predicted octanol–water partition coefficient (Wildman–Crippen LogP) is 7.11. The van der Waals surface area contributed by atoms with Crippen molar-refractivity contribution in [2.24, 2.45) is 0 Å². The molecular formula is C35H35ClF3N3O4S. The molecule has 2 amide bonds. The summed E-state index contributed by atoms with van der Waals surface area (Å²) in [6.45, 7) is 4.32. The Bertz CT molecular complexity index is 1800. The highest BCUT2D eigenvalue weighted by Gasteiger charge is 2.37. The summed E-state index contributed by atoms with van der Waals surface area (Å²) in [5.74, 6) is -1.31. The SMILES string of the molecule is CC(C)(C)NC(=O)[C@H](Cc1ccccc1)N(Cc1cccc(Cl)c1)C(=O)CN(c1cccc(C(F)(F)F)c1)S(=O)(=O)c1ccccc1. The number of amides is 2. The molecule has 1 N–H and O–H groups in total. The van der Waals surface area contributed by atoms with Gasteiger partial charge in [0.15, 0.2) is 0 Å². The van der Waals surface area contributed by atoms with Crippen molar-refractivity contribution >= 4 is 39.1 Å². The number of hydrogen-bond donors (Lipinski definition) is 1. The Morgan fingerprint density at radius 3 is 2.00 bits per heavy atom. The minimum absolute atomic E-state index is 0.0735. The van der Waals surface area contributed by atoms with Crippen LogP contribution in [0.1, 0.15) is 37.5 Å². The third-order valence-electron chi connectivity index (χ3n) is 7.08. The molecule has 4 aromatic rings. The maximum absolute atomic E-state index is 14.5. The molecule has 0 aromatic heterocycles. The van der Waals surface area contributed by atoms with Crippen LogP contribution in [0.4, 0.5) is 18.9 Å². The fraction of sp³-hybridized carbons (Fsp3) is 0.257. The van der Waals surface area contributed by atoms with Crippen LogP contribution in [0.15, 0.2) is 114 Å². The van der Waals surface area contributed by atoms with Gasteiger partial charge < -0.3 is 10.2 Å². The predicted molar refractivity (Wildman–Crippen MR) is 176 cm³/mol. The van der Waals surface area contributed by atoms with E-state index < -0.39 is 51.7 Å². The fourth-order valence-corrected chi connectivity index (χ4v) is 6.56. The van der Waals surface area contributed by atoms with Gasteiger partial charge in [0.1, 0.15) is 12.6 Å². The third-order valence-corrected chi connectivity index (χ3v) is 9.11. The van der Waals surface area contributed by atoms with Crippen LogP contribution in [0.5, 0.6) is 0 Å². The van der Waals surface area contributed by atoms with Gasteiger partial charge in [-0.05, 0) is 74.4 Å². The van der Waals surface area contributed by atoms with Gasteiger partial charge in [-0.3, -0.25) is 13.9 Å². The van der Waals surface area contributed by atoms with Crippen molar-refractivity contribution < 1.29 is 31.2 Å². The second-order valence-corrected chi connectivity index (χ2v) is 14.3. The molecule has 4 rings (SSSR count).